The lowest BCUT2D eigenvalue weighted by Crippen LogP contribution is -2.46. The predicted octanol–water partition coefficient (Wildman–Crippen LogP) is 1.10. The summed E-state index contributed by atoms with van der Waals surface area (Å²) >= 11 is 0. The molecule has 2 saturated heterocycles. The summed E-state index contributed by atoms with van der Waals surface area (Å²) in [4.78, 5) is 71.7. The molecule has 5 rings (SSSR count). The summed E-state index contributed by atoms with van der Waals surface area (Å²) in [5, 5.41) is 52.0. The van der Waals surface area contributed by atoms with Crippen molar-refractivity contribution >= 4 is 50.2 Å². The Morgan fingerprint density at radius 3 is 2.20 bits per heavy atom. The topological polar surface area (TPSA) is 399 Å². The fourth-order valence-electron chi connectivity index (χ4n) is 7.11. The Bertz CT molecular complexity index is 2250. The van der Waals surface area contributed by atoms with Gasteiger partial charge in [0.25, 0.3) is 12.1 Å². The highest BCUT2D eigenvalue weighted by atomic mass is 31.3. The number of ketones is 1. The Balaban J connectivity index is 1.00. The first-order valence-electron chi connectivity index (χ1n) is 21.2. The molecular weight excluding hydrogens is 916 g/mol. The number of nitrogens with one attached hydrogen (secondary N) is 2. The molecule has 0 aromatic carbocycles. The van der Waals surface area contributed by atoms with Crippen LogP contribution in [0, 0.1) is 0 Å². The van der Waals surface area contributed by atoms with Crippen LogP contribution in [0.3, 0.4) is 0 Å². The second kappa shape index (κ2) is 25.0. The van der Waals surface area contributed by atoms with Crippen LogP contribution in [0.2, 0.25) is 0 Å². The molecule has 0 aliphatic carbocycles. The van der Waals surface area contributed by atoms with Crippen LogP contribution in [-0.4, -0.2) is 137 Å². The summed E-state index contributed by atoms with van der Waals surface area (Å²) in [6, 6.07) is 2.83. The number of ether oxygens (including phenoxy) is 2. The standard InChI is InChI=1S/C37H55N11O16P2/c38-33(55)23-10-8-17-47(18-23)36-31(53)29(51)25(62-36)19-60-65(56,57)64-66(58,59)61-20-26-30(52)32(54)37(63-26)48-22-44-28-34(42-21-43-35(28)48)41-15-9-14-40-27(50)13-6-2-1-4-11-24(49)12-5-3-7-16-45-46-39/h8,10,17-18,21-22,25-26,29-32,36-37,51-54H,1-7,9,11-16,19-20H2,(H5-,38,40,41,42,43,50,55,56,57,58,59)/p+1/t25-,26-,29-,30-,31-,32-,36-,37-/m1/s1. The third-order valence-corrected chi connectivity index (χ3v) is 13.2. The van der Waals surface area contributed by atoms with E-state index in [0.717, 1.165) is 38.5 Å². The summed E-state index contributed by atoms with van der Waals surface area (Å²) in [7, 11) is -10.9. The van der Waals surface area contributed by atoms with Crippen molar-refractivity contribution in [3.63, 3.8) is 0 Å². The van der Waals surface area contributed by atoms with Crippen molar-refractivity contribution in [2.45, 2.75) is 120 Å². The van der Waals surface area contributed by atoms with Crippen LogP contribution in [0.15, 0.2) is 42.3 Å². The van der Waals surface area contributed by atoms with Gasteiger partial charge in [-0.2, -0.15) is 8.88 Å². The molecule has 2 unspecified atom stereocenters. The molecule has 10 atom stereocenters. The number of unbranched alkanes of at least 4 members (excludes halogenated alkanes) is 5. The van der Waals surface area contributed by atoms with Crippen LogP contribution < -0.4 is 20.9 Å². The SMILES string of the molecule is [N-]=[N+]=NCCCCCC(=O)CCCCCCC(=O)NCCCNc1ncnc2c1ncn2[C@@H]1O[C@H](COP(=O)(O)OP(=O)(O)OC[C@H]2O[C@@H]([n+]3cccc(C(N)=O)c3)[C@H](O)[C@@H]2O)[C@@H](O)[C@H]1O. The highest BCUT2D eigenvalue weighted by Gasteiger charge is 2.50. The number of imidazole rings is 1. The van der Waals surface area contributed by atoms with Crippen LogP contribution in [0.4, 0.5) is 5.82 Å². The second-order valence-electron chi connectivity index (χ2n) is 15.5. The number of phosphoric ester groups is 2. The van der Waals surface area contributed by atoms with E-state index in [2.05, 4.69) is 39.9 Å². The van der Waals surface area contributed by atoms with Gasteiger partial charge in [0.15, 0.2) is 41.7 Å². The average molecular weight is 973 g/mol. The number of fused-ring (bicyclic) bond motifs is 1. The quantitative estimate of drug-likeness (QED) is 0.0117. The molecule has 2 amide bonds. The largest absolute Gasteiger partial charge is 0.481 e. The van der Waals surface area contributed by atoms with Crippen LogP contribution in [0.5, 0.6) is 0 Å². The first kappa shape index (κ1) is 52.4. The lowest BCUT2D eigenvalue weighted by atomic mass is 10.0. The van der Waals surface area contributed by atoms with Crippen molar-refractivity contribution in [2.75, 3.05) is 38.2 Å². The highest BCUT2D eigenvalue weighted by Crippen LogP contribution is 2.60. The Morgan fingerprint density at radius 2 is 1.52 bits per heavy atom. The molecule has 0 spiro atoms. The van der Waals surface area contributed by atoms with E-state index in [1.807, 2.05) is 0 Å². The average Bonchev–Trinajstić information content (AvgIpc) is 3.93. The Kier molecular flexibility index (Phi) is 19.8. The van der Waals surface area contributed by atoms with Gasteiger partial charge in [0.05, 0.1) is 19.5 Å². The number of aromatic nitrogens is 5. The molecule has 2 aliphatic heterocycles. The van der Waals surface area contributed by atoms with Gasteiger partial charge in [-0.15, -0.1) is 0 Å². The van der Waals surface area contributed by atoms with Gasteiger partial charge in [0.2, 0.25) is 5.91 Å². The first-order valence-corrected chi connectivity index (χ1v) is 24.2. The lowest BCUT2D eigenvalue weighted by Gasteiger charge is -2.20. The summed E-state index contributed by atoms with van der Waals surface area (Å²) in [5.74, 6) is -0.302. The number of carbonyl (C=O) groups is 3. The zero-order valence-corrected chi connectivity index (χ0v) is 37.5. The second-order valence-corrected chi connectivity index (χ2v) is 18.5. The minimum Gasteiger partial charge on any atom is -0.387 e. The number of aliphatic hydroxyl groups is 4. The van der Waals surface area contributed by atoms with E-state index in [4.69, 9.17) is 29.8 Å². The van der Waals surface area contributed by atoms with E-state index in [9.17, 15) is 53.7 Å². The molecular formula is C37H56N11O16P2+. The zero-order chi connectivity index (χ0) is 47.9. The van der Waals surface area contributed by atoms with Gasteiger partial charge in [0.1, 0.15) is 48.2 Å². The van der Waals surface area contributed by atoms with Gasteiger partial charge in [-0.1, -0.05) is 24.4 Å². The number of aliphatic hydroxyl groups excluding tert-OH is 4. The van der Waals surface area contributed by atoms with Gasteiger partial charge < -0.3 is 56.1 Å². The molecule has 2 aliphatic rings. The minimum absolute atomic E-state index is 0.0580. The summed E-state index contributed by atoms with van der Waals surface area (Å²) in [5.41, 5.74) is 14.1. The third kappa shape index (κ3) is 15.2. The number of nitrogens with zero attached hydrogens (tertiary/aromatic N) is 8. The molecule has 3 aromatic rings. The van der Waals surface area contributed by atoms with Crippen LogP contribution >= 0.6 is 15.6 Å². The number of hydrogen-bond donors (Lipinski definition) is 9. The molecule has 2 fully saturated rings. The predicted molar refractivity (Wildman–Crippen MR) is 226 cm³/mol. The van der Waals surface area contributed by atoms with Crippen LogP contribution in [0.25, 0.3) is 21.6 Å². The first-order chi connectivity index (χ1) is 31.5. The maximum atomic E-state index is 12.7. The van der Waals surface area contributed by atoms with Gasteiger partial charge in [-0.05, 0) is 43.7 Å². The summed E-state index contributed by atoms with van der Waals surface area (Å²) in [6.45, 7) is -0.615. The fourth-order valence-corrected chi connectivity index (χ4v) is 9.20. The Labute approximate surface area is 377 Å². The van der Waals surface area contributed by atoms with Crippen molar-refractivity contribution in [3.8, 4) is 0 Å². The number of Topliss-reactive ketones (excluding diaryl/α,β-unsaturated/α-hetero) is 1. The molecule has 3 aromatic heterocycles. The number of hydrogen-bond acceptors (Lipinski definition) is 19. The maximum absolute atomic E-state index is 12.7. The highest BCUT2D eigenvalue weighted by molar-refractivity contribution is 7.61. The number of azide groups is 1. The van der Waals surface area contributed by atoms with E-state index in [1.165, 1.54) is 46.3 Å². The molecule has 364 valence electrons. The number of amides is 2. The Hall–Kier alpha value is -4.56. The molecule has 27 nitrogen and oxygen atoms in total. The number of anilines is 1. The van der Waals surface area contributed by atoms with E-state index in [-0.39, 0.29) is 28.4 Å². The molecule has 0 radical (unpaired) electrons. The third-order valence-electron chi connectivity index (χ3n) is 10.6. The molecule has 0 saturated carbocycles. The number of primary amides is 1. The monoisotopic (exact) mass is 972 g/mol. The lowest BCUT2D eigenvalue weighted by molar-refractivity contribution is -0.765. The van der Waals surface area contributed by atoms with Gasteiger partial charge in [0, 0.05) is 49.9 Å². The van der Waals surface area contributed by atoms with E-state index in [1.54, 1.807) is 0 Å². The Morgan fingerprint density at radius 1 is 0.864 bits per heavy atom. The van der Waals surface area contributed by atoms with Gasteiger partial charge in [-0.3, -0.25) is 28.0 Å². The van der Waals surface area contributed by atoms with E-state index in [0.29, 0.717) is 57.6 Å². The number of nitrogens with two attached hydrogens (primary N) is 1. The number of rotatable bonds is 29. The molecule has 10 N–H and O–H groups in total. The van der Waals surface area contributed by atoms with Gasteiger partial charge >= 0.3 is 15.6 Å². The molecule has 29 heteroatoms. The normalized spacial score (nSPS) is 24.6. The molecule has 5 heterocycles. The summed E-state index contributed by atoms with van der Waals surface area (Å²) < 4.78 is 53.0. The number of carbonyl (C=O) groups excluding carboxylic acids is 3. The number of pyridine rings is 1. The van der Waals surface area contributed by atoms with Crippen molar-refractivity contribution < 1.29 is 81.1 Å². The van der Waals surface area contributed by atoms with Gasteiger partial charge in [-0.25, -0.2) is 24.1 Å². The van der Waals surface area contributed by atoms with E-state index >= 15 is 0 Å². The van der Waals surface area contributed by atoms with Crippen molar-refractivity contribution in [1.82, 2.24) is 24.8 Å². The summed E-state index contributed by atoms with van der Waals surface area (Å²) in [6.07, 6.45) is 0.557. The molecule has 0 bridgehead atoms. The van der Waals surface area contributed by atoms with Crippen molar-refractivity contribution in [1.29, 1.82) is 0 Å². The van der Waals surface area contributed by atoms with E-state index < -0.39 is 83.8 Å². The maximum Gasteiger partial charge on any atom is 0.481 e. The molecule has 66 heavy (non-hydrogen) atoms. The number of phosphoric acid groups is 2. The van der Waals surface area contributed by atoms with Crippen LogP contribution in [-0.2, 0) is 41.6 Å². The van der Waals surface area contributed by atoms with Crippen molar-refractivity contribution in [2.24, 2.45) is 10.8 Å². The zero-order valence-electron chi connectivity index (χ0n) is 35.7. The smallest absolute Gasteiger partial charge is 0.387 e. The fraction of sp³-hybridized carbons (Fsp3) is 0.649. The van der Waals surface area contributed by atoms with Crippen LogP contribution in [0.1, 0.15) is 93.4 Å². The minimum atomic E-state index is -5.44. The van der Waals surface area contributed by atoms with Crippen molar-refractivity contribution in [3.05, 3.63) is 53.2 Å².